The van der Waals surface area contributed by atoms with Crippen molar-refractivity contribution < 1.29 is 19.5 Å². The van der Waals surface area contributed by atoms with Crippen molar-refractivity contribution in [2.45, 2.75) is 58.5 Å². The molecule has 0 aromatic rings. The predicted octanol–water partition coefficient (Wildman–Crippen LogP) is 0.844. The average Bonchev–Trinajstić information content (AvgIpc) is 2.24. The average molecular weight is 287 g/mol. The number of carbonyl (C=O) groups is 3. The topological polar surface area (TPSA) is 108 Å². The molecule has 0 spiro atoms. The van der Waals surface area contributed by atoms with Gasteiger partial charge in [-0.3, -0.25) is 9.59 Å². The second kappa shape index (κ2) is 8.39. The number of nitrogens with one attached hydrogen (secondary N) is 3. The number of hydrogen-bond donors (Lipinski definition) is 4. The Kier molecular flexibility index (Phi) is 7.64. The molecule has 0 aliphatic rings. The fourth-order valence-corrected chi connectivity index (χ4v) is 1.52. The van der Waals surface area contributed by atoms with Gasteiger partial charge in [-0.15, -0.1) is 0 Å². The molecule has 0 aromatic carbocycles. The minimum absolute atomic E-state index is 0.00985. The molecule has 7 heteroatoms. The van der Waals surface area contributed by atoms with Crippen LogP contribution < -0.4 is 16.0 Å². The Hall–Kier alpha value is -1.79. The van der Waals surface area contributed by atoms with E-state index in [-0.39, 0.29) is 31.3 Å². The number of carbonyl (C=O) groups excluding carboxylic acids is 2. The molecule has 0 radical (unpaired) electrons. The van der Waals surface area contributed by atoms with Crippen molar-refractivity contribution in [2.75, 3.05) is 6.54 Å². The largest absolute Gasteiger partial charge is 0.481 e. The summed E-state index contributed by atoms with van der Waals surface area (Å²) in [5.74, 6) is -1.02. The molecule has 0 fully saturated rings. The quantitative estimate of drug-likeness (QED) is 0.530. The van der Waals surface area contributed by atoms with E-state index in [2.05, 4.69) is 16.0 Å². The molecule has 0 unspecified atom stereocenters. The number of rotatable bonds is 8. The zero-order chi connectivity index (χ0) is 15.8. The van der Waals surface area contributed by atoms with Gasteiger partial charge in [-0.2, -0.15) is 0 Å². The highest BCUT2D eigenvalue weighted by Gasteiger charge is 2.21. The minimum Gasteiger partial charge on any atom is -0.481 e. The van der Waals surface area contributed by atoms with E-state index in [1.807, 2.05) is 13.8 Å². The van der Waals surface area contributed by atoms with Gasteiger partial charge in [-0.25, -0.2) is 4.79 Å². The van der Waals surface area contributed by atoms with E-state index < -0.39 is 17.5 Å². The van der Waals surface area contributed by atoms with Crippen LogP contribution in [0.25, 0.3) is 0 Å². The lowest BCUT2D eigenvalue weighted by Crippen LogP contribution is -2.49. The molecule has 0 saturated heterocycles. The Morgan fingerprint density at radius 3 is 2.25 bits per heavy atom. The monoisotopic (exact) mass is 287 g/mol. The molecule has 0 aliphatic carbocycles. The van der Waals surface area contributed by atoms with Crippen LogP contribution in [-0.4, -0.2) is 41.1 Å². The van der Waals surface area contributed by atoms with Gasteiger partial charge < -0.3 is 21.1 Å². The molecule has 0 aromatic heterocycles. The Balaban J connectivity index is 3.93. The fourth-order valence-electron chi connectivity index (χ4n) is 1.52. The van der Waals surface area contributed by atoms with E-state index >= 15 is 0 Å². The lowest BCUT2D eigenvalue weighted by molar-refractivity contribution is -0.137. The third-order valence-corrected chi connectivity index (χ3v) is 2.50. The zero-order valence-corrected chi connectivity index (χ0v) is 12.6. The van der Waals surface area contributed by atoms with Crippen LogP contribution >= 0.6 is 0 Å². The molecule has 0 rings (SSSR count). The van der Waals surface area contributed by atoms with Crippen LogP contribution in [0, 0.1) is 0 Å². The maximum atomic E-state index is 11.6. The number of carboxylic acid groups (broad SMARTS) is 1. The summed E-state index contributed by atoms with van der Waals surface area (Å²) in [6, 6.07) is -0.330. The summed E-state index contributed by atoms with van der Waals surface area (Å²) in [5, 5.41) is 16.6. The lowest BCUT2D eigenvalue weighted by Gasteiger charge is -2.25. The van der Waals surface area contributed by atoms with Crippen molar-refractivity contribution in [2.24, 2.45) is 0 Å². The van der Waals surface area contributed by atoms with E-state index in [0.29, 0.717) is 6.42 Å². The molecule has 3 amide bonds. The first-order chi connectivity index (χ1) is 9.12. The molecular formula is C13H25N3O4. The number of hydrogen-bond acceptors (Lipinski definition) is 3. The van der Waals surface area contributed by atoms with Crippen molar-refractivity contribution in [1.29, 1.82) is 0 Å². The zero-order valence-electron chi connectivity index (χ0n) is 12.6. The SMILES string of the molecule is CC(C)NC(=O)CCNC(=O)NC(C)(C)CCC(=O)O. The van der Waals surface area contributed by atoms with E-state index in [9.17, 15) is 14.4 Å². The molecule has 0 atom stereocenters. The first-order valence-electron chi connectivity index (χ1n) is 6.69. The van der Waals surface area contributed by atoms with Gasteiger partial charge in [0.25, 0.3) is 0 Å². The molecule has 0 bridgehead atoms. The number of urea groups is 1. The van der Waals surface area contributed by atoms with Gasteiger partial charge in [0.2, 0.25) is 5.91 Å². The molecule has 0 heterocycles. The molecule has 116 valence electrons. The summed E-state index contributed by atoms with van der Waals surface area (Å²) in [4.78, 5) is 33.4. The number of aliphatic carboxylic acids is 1. The van der Waals surface area contributed by atoms with Crippen LogP contribution in [0.1, 0.15) is 47.0 Å². The summed E-state index contributed by atoms with van der Waals surface area (Å²) in [6.45, 7) is 7.47. The van der Waals surface area contributed by atoms with E-state index in [1.165, 1.54) is 0 Å². The highest BCUT2D eigenvalue weighted by Crippen LogP contribution is 2.10. The van der Waals surface area contributed by atoms with Crippen molar-refractivity contribution in [1.82, 2.24) is 16.0 Å². The fraction of sp³-hybridized carbons (Fsp3) is 0.769. The van der Waals surface area contributed by atoms with Crippen molar-refractivity contribution in [3.05, 3.63) is 0 Å². The maximum absolute atomic E-state index is 11.6. The van der Waals surface area contributed by atoms with Gasteiger partial charge in [0.05, 0.1) is 0 Å². The molecule has 7 nitrogen and oxygen atoms in total. The third-order valence-electron chi connectivity index (χ3n) is 2.50. The highest BCUT2D eigenvalue weighted by molar-refractivity contribution is 5.78. The predicted molar refractivity (Wildman–Crippen MR) is 75.4 cm³/mol. The summed E-state index contributed by atoms with van der Waals surface area (Å²) < 4.78 is 0. The summed E-state index contributed by atoms with van der Waals surface area (Å²) in [6.07, 6.45) is 0.537. The Morgan fingerprint density at radius 1 is 1.15 bits per heavy atom. The van der Waals surface area contributed by atoms with Gasteiger partial charge in [-0.1, -0.05) is 0 Å². The van der Waals surface area contributed by atoms with E-state index in [0.717, 1.165) is 0 Å². The molecular weight excluding hydrogens is 262 g/mol. The maximum Gasteiger partial charge on any atom is 0.315 e. The Bertz CT molecular complexity index is 354. The van der Waals surface area contributed by atoms with Crippen molar-refractivity contribution in [3.8, 4) is 0 Å². The first kappa shape index (κ1) is 18.2. The molecule has 0 saturated carbocycles. The standard InChI is InChI=1S/C13H25N3O4/c1-9(2)15-10(17)6-8-14-12(20)16-13(3,4)7-5-11(18)19/h9H,5-8H2,1-4H3,(H,15,17)(H,18,19)(H2,14,16,20). The van der Waals surface area contributed by atoms with E-state index in [1.54, 1.807) is 13.8 Å². The van der Waals surface area contributed by atoms with Gasteiger partial charge in [0.1, 0.15) is 0 Å². The van der Waals surface area contributed by atoms with Crippen LogP contribution in [0.3, 0.4) is 0 Å². The summed E-state index contributed by atoms with van der Waals surface area (Å²) in [7, 11) is 0. The van der Waals surface area contributed by atoms with Gasteiger partial charge in [-0.05, 0) is 34.1 Å². The second-order valence-electron chi connectivity index (χ2n) is 5.63. The highest BCUT2D eigenvalue weighted by atomic mass is 16.4. The lowest BCUT2D eigenvalue weighted by atomic mass is 9.99. The van der Waals surface area contributed by atoms with Gasteiger partial charge in [0.15, 0.2) is 0 Å². The summed E-state index contributed by atoms with van der Waals surface area (Å²) >= 11 is 0. The first-order valence-corrected chi connectivity index (χ1v) is 6.69. The summed E-state index contributed by atoms with van der Waals surface area (Å²) in [5.41, 5.74) is -0.608. The number of amides is 3. The van der Waals surface area contributed by atoms with Crippen molar-refractivity contribution >= 4 is 17.9 Å². The normalized spacial score (nSPS) is 11.1. The second-order valence-corrected chi connectivity index (χ2v) is 5.63. The number of carboxylic acids is 1. The Labute approximate surface area is 119 Å². The van der Waals surface area contributed by atoms with Gasteiger partial charge >= 0.3 is 12.0 Å². The smallest absolute Gasteiger partial charge is 0.315 e. The van der Waals surface area contributed by atoms with Crippen LogP contribution in [0.2, 0.25) is 0 Å². The van der Waals surface area contributed by atoms with Gasteiger partial charge in [0, 0.05) is 31.0 Å². The Morgan fingerprint density at radius 2 is 1.75 bits per heavy atom. The van der Waals surface area contributed by atoms with Crippen LogP contribution in [-0.2, 0) is 9.59 Å². The molecule has 0 aliphatic heterocycles. The van der Waals surface area contributed by atoms with Crippen LogP contribution in [0.15, 0.2) is 0 Å². The van der Waals surface area contributed by atoms with Crippen LogP contribution in [0.4, 0.5) is 4.79 Å². The van der Waals surface area contributed by atoms with E-state index in [4.69, 9.17) is 5.11 Å². The van der Waals surface area contributed by atoms with Crippen LogP contribution in [0.5, 0.6) is 0 Å². The molecule has 4 N–H and O–H groups in total. The third kappa shape index (κ3) is 10.2. The molecule has 20 heavy (non-hydrogen) atoms. The van der Waals surface area contributed by atoms with Crippen molar-refractivity contribution in [3.63, 3.8) is 0 Å². The minimum atomic E-state index is -0.898.